The molecule has 0 aliphatic heterocycles. The van der Waals surface area contributed by atoms with Gasteiger partial charge in [-0.3, -0.25) is 18.2 Å². The highest BCUT2D eigenvalue weighted by atomic mass is 32.3. The summed E-state index contributed by atoms with van der Waals surface area (Å²) in [4.78, 5) is 4.54. The number of rotatable bonds is 0. The Morgan fingerprint density at radius 3 is 1.27 bits per heavy atom. The SMILES string of the molecule is Nc1ccc2cc3ccc(N)cc3nc2c1.O=S(=O)(O)O.O=S(=O)(O)O. The Morgan fingerprint density at radius 2 is 0.962 bits per heavy atom. The van der Waals surface area contributed by atoms with Crippen LogP contribution in [0.15, 0.2) is 42.5 Å². The molecule has 3 rings (SSSR count). The molecule has 1 aromatic heterocycles. The van der Waals surface area contributed by atoms with Gasteiger partial charge in [-0.1, -0.05) is 12.1 Å². The third-order valence-corrected chi connectivity index (χ3v) is 2.66. The summed E-state index contributed by atoms with van der Waals surface area (Å²) >= 11 is 0. The predicted molar refractivity (Wildman–Crippen MR) is 96.4 cm³/mol. The first-order valence-corrected chi connectivity index (χ1v) is 9.27. The lowest BCUT2D eigenvalue weighted by atomic mass is 10.1. The minimum atomic E-state index is -4.67. The molecule has 1 heterocycles. The Bertz CT molecular complexity index is 1030. The molecule has 0 bridgehead atoms. The zero-order valence-electron chi connectivity index (χ0n) is 12.9. The van der Waals surface area contributed by atoms with Crippen LogP contribution in [-0.4, -0.2) is 40.0 Å². The molecule has 0 radical (unpaired) electrons. The van der Waals surface area contributed by atoms with Gasteiger partial charge in [0, 0.05) is 22.1 Å². The van der Waals surface area contributed by atoms with Crippen LogP contribution in [-0.2, 0) is 20.8 Å². The molecule has 0 unspecified atom stereocenters. The number of nitrogen functional groups attached to an aromatic ring is 2. The lowest BCUT2D eigenvalue weighted by Gasteiger charge is -2.03. The van der Waals surface area contributed by atoms with Crippen LogP contribution in [0.3, 0.4) is 0 Å². The van der Waals surface area contributed by atoms with Gasteiger partial charge in [-0.05, 0) is 30.3 Å². The fourth-order valence-electron chi connectivity index (χ4n) is 1.86. The first kappa shape index (κ1) is 21.5. The fourth-order valence-corrected chi connectivity index (χ4v) is 1.86. The monoisotopic (exact) mass is 405 g/mol. The van der Waals surface area contributed by atoms with E-state index in [-0.39, 0.29) is 0 Å². The number of nitrogens with zero attached hydrogens (tertiary/aromatic N) is 1. The van der Waals surface area contributed by atoms with Crippen molar-refractivity contribution in [3.63, 3.8) is 0 Å². The predicted octanol–water partition coefficient (Wildman–Crippen LogP) is 1.25. The molecular formula is C13H15N3O8S2. The van der Waals surface area contributed by atoms with Gasteiger partial charge in [0.1, 0.15) is 0 Å². The summed E-state index contributed by atoms with van der Waals surface area (Å²) in [7, 11) is -9.33. The first-order chi connectivity index (χ1) is 11.7. The van der Waals surface area contributed by atoms with Crippen molar-refractivity contribution < 1.29 is 35.0 Å². The Hall–Kier alpha value is -2.55. The lowest BCUT2D eigenvalue weighted by molar-refractivity contribution is 0.378. The number of nitrogens with two attached hydrogens (primary N) is 2. The molecule has 0 spiro atoms. The number of hydrogen-bond acceptors (Lipinski definition) is 7. The van der Waals surface area contributed by atoms with E-state index in [2.05, 4.69) is 11.1 Å². The molecule has 0 aliphatic rings. The summed E-state index contributed by atoms with van der Waals surface area (Å²) in [6.07, 6.45) is 0. The van der Waals surface area contributed by atoms with Crippen LogP contribution >= 0.6 is 0 Å². The normalized spacial score (nSPS) is 11.2. The van der Waals surface area contributed by atoms with E-state index in [0.717, 1.165) is 33.2 Å². The second kappa shape index (κ2) is 8.22. The molecular weight excluding hydrogens is 390 g/mol. The summed E-state index contributed by atoms with van der Waals surface area (Å²) in [5, 5.41) is 2.18. The maximum Gasteiger partial charge on any atom is 0.394 e. The summed E-state index contributed by atoms with van der Waals surface area (Å²) in [6, 6.07) is 13.6. The number of anilines is 2. The average Bonchev–Trinajstić information content (AvgIpc) is 2.41. The van der Waals surface area contributed by atoms with Crippen LogP contribution in [0.5, 0.6) is 0 Å². The van der Waals surface area contributed by atoms with E-state index in [4.69, 9.17) is 46.5 Å². The zero-order chi connectivity index (χ0) is 20.1. The van der Waals surface area contributed by atoms with Crippen molar-refractivity contribution in [2.24, 2.45) is 0 Å². The van der Waals surface area contributed by atoms with E-state index in [1.165, 1.54) is 0 Å². The number of hydrogen-bond donors (Lipinski definition) is 6. The number of fused-ring (bicyclic) bond motifs is 2. The smallest absolute Gasteiger partial charge is 0.394 e. The van der Waals surface area contributed by atoms with Crippen molar-refractivity contribution in [2.75, 3.05) is 11.5 Å². The van der Waals surface area contributed by atoms with Crippen LogP contribution in [0.4, 0.5) is 11.4 Å². The topological polar surface area (TPSA) is 214 Å². The molecule has 0 saturated heterocycles. The molecule has 0 amide bonds. The van der Waals surface area contributed by atoms with Gasteiger partial charge in [0.05, 0.1) is 11.0 Å². The maximum atomic E-state index is 8.74. The van der Waals surface area contributed by atoms with E-state index in [1.807, 2.05) is 36.4 Å². The average molecular weight is 405 g/mol. The lowest BCUT2D eigenvalue weighted by Crippen LogP contribution is -1.89. The standard InChI is InChI=1S/C13H11N3.2H2O4S/c14-10-3-1-8-5-9-2-4-11(15)7-13(9)16-12(8)6-10;2*1-5(2,3)4/h1-7H,14-15H2;2*(H2,1,2,3,4). The highest BCUT2D eigenvalue weighted by Crippen LogP contribution is 2.22. The molecule has 0 fully saturated rings. The van der Waals surface area contributed by atoms with Crippen molar-refractivity contribution in [3.8, 4) is 0 Å². The van der Waals surface area contributed by atoms with E-state index in [9.17, 15) is 0 Å². The van der Waals surface area contributed by atoms with Crippen molar-refractivity contribution >= 4 is 54.0 Å². The molecule has 26 heavy (non-hydrogen) atoms. The summed E-state index contributed by atoms with van der Waals surface area (Å²) in [6.45, 7) is 0. The number of pyridine rings is 1. The largest absolute Gasteiger partial charge is 0.399 e. The molecule has 3 aromatic rings. The molecule has 0 aliphatic carbocycles. The van der Waals surface area contributed by atoms with Gasteiger partial charge in [-0.2, -0.15) is 16.8 Å². The van der Waals surface area contributed by atoms with E-state index in [1.54, 1.807) is 0 Å². The van der Waals surface area contributed by atoms with Crippen molar-refractivity contribution in [1.29, 1.82) is 0 Å². The minimum absolute atomic E-state index is 0.725. The van der Waals surface area contributed by atoms with E-state index < -0.39 is 20.8 Å². The van der Waals surface area contributed by atoms with Crippen LogP contribution in [0.25, 0.3) is 21.8 Å². The number of benzene rings is 2. The molecule has 0 atom stereocenters. The quantitative estimate of drug-likeness (QED) is 0.178. The second-order valence-electron chi connectivity index (χ2n) is 4.79. The maximum absolute atomic E-state index is 8.74. The van der Waals surface area contributed by atoms with Gasteiger partial charge in [0.2, 0.25) is 0 Å². The highest BCUT2D eigenvalue weighted by Gasteiger charge is 2.00. The Balaban J connectivity index is 0.000000284. The van der Waals surface area contributed by atoms with Gasteiger partial charge < -0.3 is 11.5 Å². The van der Waals surface area contributed by atoms with Crippen molar-refractivity contribution in [3.05, 3.63) is 42.5 Å². The molecule has 142 valence electrons. The molecule has 0 saturated carbocycles. The minimum Gasteiger partial charge on any atom is -0.399 e. The summed E-state index contributed by atoms with van der Waals surface area (Å²) in [5.41, 5.74) is 14.7. The van der Waals surface area contributed by atoms with Crippen LogP contribution in [0.2, 0.25) is 0 Å². The van der Waals surface area contributed by atoms with E-state index >= 15 is 0 Å². The van der Waals surface area contributed by atoms with Gasteiger partial charge in [0.25, 0.3) is 0 Å². The molecule has 13 heteroatoms. The molecule has 11 nitrogen and oxygen atoms in total. The Morgan fingerprint density at radius 1 is 0.654 bits per heavy atom. The highest BCUT2D eigenvalue weighted by molar-refractivity contribution is 7.80. The second-order valence-corrected chi connectivity index (χ2v) is 6.58. The first-order valence-electron chi connectivity index (χ1n) is 6.47. The van der Waals surface area contributed by atoms with Crippen molar-refractivity contribution in [2.45, 2.75) is 0 Å². The van der Waals surface area contributed by atoms with E-state index in [0.29, 0.717) is 0 Å². The Labute approximate surface area is 148 Å². The van der Waals surface area contributed by atoms with Crippen molar-refractivity contribution in [1.82, 2.24) is 4.98 Å². The number of aromatic nitrogens is 1. The third kappa shape index (κ3) is 9.07. The fraction of sp³-hybridized carbons (Fsp3) is 0. The third-order valence-electron chi connectivity index (χ3n) is 2.66. The van der Waals surface area contributed by atoms with Crippen LogP contribution < -0.4 is 11.5 Å². The zero-order valence-corrected chi connectivity index (χ0v) is 14.5. The van der Waals surface area contributed by atoms with Gasteiger partial charge in [-0.15, -0.1) is 0 Å². The summed E-state index contributed by atoms with van der Waals surface area (Å²) in [5.74, 6) is 0. The van der Waals surface area contributed by atoms with Gasteiger partial charge in [0.15, 0.2) is 0 Å². The molecule has 8 N–H and O–H groups in total. The van der Waals surface area contributed by atoms with Crippen LogP contribution in [0.1, 0.15) is 0 Å². The Kier molecular flexibility index (Phi) is 6.79. The van der Waals surface area contributed by atoms with Crippen LogP contribution in [0, 0.1) is 0 Å². The van der Waals surface area contributed by atoms with Gasteiger partial charge in [-0.25, -0.2) is 4.98 Å². The van der Waals surface area contributed by atoms with Gasteiger partial charge >= 0.3 is 20.8 Å². The molecule has 2 aromatic carbocycles. The summed E-state index contributed by atoms with van der Waals surface area (Å²) < 4.78 is 63.2.